The van der Waals surface area contributed by atoms with Gasteiger partial charge in [-0.15, -0.1) is 0 Å². The molecule has 0 aliphatic heterocycles. The molecule has 0 aliphatic carbocycles. The Kier molecular flexibility index (Phi) is 8.09. The van der Waals surface area contributed by atoms with Crippen LogP contribution in [-0.4, -0.2) is 24.8 Å². The molecule has 0 aromatic heterocycles. The highest BCUT2D eigenvalue weighted by atomic mass is 16.2. The number of nitrogens with zero attached hydrogens (tertiary/aromatic N) is 1. The highest BCUT2D eigenvalue weighted by Gasteiger charge is 1.96. The minimum Gasteiger partial charge on any atom is -0.396 e. The Morgan fingerprint density at radius 1 is 1.42 bits per heavy atom. The molecule has 0 spiro atoms. The number of hydrogen-bond donors (Lipinski definition) is 2. The van der Waals surface area contributed by atoms with Crippen molar-refractivity contribution in [2.75, 3.05) is 19.7 Å². The van der Waals surface area contributed by atoms with Crippen LogP contribution in [0.25, 0.3) is 0 Å². The Morgan fingerprint density at radius 2 is 2.17 bits per heavy atom. The van der Waals surface area contributed by atoms with E-state index in [1.54, 1.807) is 0 Å². The van der Waals surface area contributed by atoms with Crippen molar-refractivity contribution in [3.63, 3.8) is 0 Å². The van der Waals surface area contributed by atoms with Crippen LogP contribution in [0.5, 0.6) is 0 Å². The molecule has 0 rings (SSSR count). The molecule has 0 saturated heterocycles. The number of unbranched alkanes of at least 4 members (excludes halogenated alkanes) is 2. The molecule has 12 heavy (non-hydrogen) atoms. The number of rotatable bonds is 7. The van der Waals surface area contributed by atoms with Crippen LogP contribution in [0, 0.1) is 17.2 Å². The molecule has 2 N–H and O–H groups in total. The van der Waals surface area contributed by atoms with Crippen molar-refractivity contribution in [2.45, 2.75) is 26.2 Å². The van der Waals surface area contributed by atoms with Crippen molar-refractivity contribution < 1.29 is 5.11 Å². The Hall–Kier alpha value is -0.590. The molecule has 1 atom stereocenters. The van der Waals surface area contributed by atoms with Crippen molar-refractivity contribution in [1.29, 1.82) is 5.26 Å². The summed E-state index contributed by atoms with van der Waals surface area (Å²) in [4.78, 5) is 0. The fraction of sp³-hybridized carbons (Fsp3) is 0.889. The predicted octanol–water partition coefficient (Wildman–Crippen LogP) is 0.898. The third kappa shape index (κ3) is 7.52. The first kappa shape index (κ1) is 11.4. The van der Waals surface area contributed by atoms with Gasteiger partial charge in [0.25, 0.3) is 0 Å². The maximum Gasteiger partial charge on any atom is 0.0666 e. The van der Waals surface area contributed by atoms with Crippen molar-refractivity contribution in [3.05, 3.63) is 0 Å². The molecule has 1 unspecified atom stereocenters. The van der Waals surface area contributed by atoms with E-state index in [2.05, 4.69) is 11.4 Å². The van der Waals surface area contributed by atoms with Crippen LogP contribution in [0.1, 0.15) is 26.2 Å². The topological polar surface area (TPSA) is 56.0 Å². The molecule has 0 saturated carbocycles. The van der Waals surface area contributed by atoms with E-state index in [4.69, 9.17) is 10.4 Å². The van der Waals surface area contributed by atoms with Gasteiger partial charge in [-0.2, -0.15) is 5.26 Å². The van der Waals surface area contributed by atoms with Crippen LogP contribution in [0.2, 0.25) is 0 Å². The van der Waals surface area contributed by atoms with Gasteiger partial charge in [0.15, 0.2) is 0 Å². The first-order valence-corrected chi connectivity index (χ1v) is 4.52. The van der Waals surface area contributed by atoms with E-state index >= 15 is 0 Å². The van der Waals surface area contributed by atoms with E-state index in [1.165, 1.54) is 0 Å². The van der Waals surface area contributed by atoms with Gasteiger partial charge in [-0.25, -0.2) is 0 Å². The summed E-state index contributed by atoms with van der Waals surface area (Å²) in [6, 6.07) is 2.16. The van der Waals surface area contributed by atoms with Crippen molar-refractivity contribution in [1.82, 2.24) is 5.32 Å². The quantitative estimate of drug-likeness (QED) is 0.558. The summed E-state index contributed by atoms with van der Waals surface area (Å²) >= 11 is 0. The van der Waals surface area contributed by atoms with E-state index in [9.17, 15) is 0 Å². The van der Waals surface area contributed by atoms with E-state index in [-0.39, 0.29) is 12.5 Å². The average Bonchev–Trinajstić information content (AvgIpc) is 2.10. The molecular formula is C9H18N2O. The molecule has 0 aliphatic rings. The molecule has 3 heteroatoms. The molecule has 0 aromatic carbocycles. The average molecular weight is 170 g/mol. The largest absolute Gasteiger partial charge is 0.396 e. The van der Waals surface area contributed by atoms with Crippen LogP contribution in [0.15, 0.2) is 0 Å². The lowest BCUT2D eigenvalue weighted by atomic mass is 10.2. The maximum atomic E-state index is 8.49. The van der Waals surface area contributed by atoms with Crippen LogP contribution < -0.4 is 5.32 Å². The minimum atomic E-state index is 0.0999. The molecule has 70 valence electrons. The van der Waals surface area contributed by atoms with Gasteiger partial charge in [0.1, 0.15) is 0 Å². The van der Waals surface area contributed by atoms with E-state index in [0.717, 1.165) is 32.4 Å². The van der Waals surface area contributed by atoms with Gasteiger partial charge >= 0.3 is 0 Å². The Labute approximate surface area is 74.4 Å². The summed E-state index contributed by atoms with van der Waals surface area (Å²) < 4.78 is 0. The zero-order valence-electron chi connectivity index (χ0n) is 7.71. The summed E-state index contributed by atoms with van der Waals surface area (Å²) in [7, 11) is 0. The number of aliphatic hydroxyl groups is 1. The van der Waals surface area contributed by atoms with Gasteiger partial charge in [0.2, 0.25) is 0 Å². The number of hydrogen-bond acceptors (Lipinski definition) is 3. The third-order valence-corrected chi connectivity index (χ3v) is 1.68. The summed E-state index contributed by atoms with van der Waals surface area (Å²) in [6.45, 7) is 3.91. The van der Waals surface area contributed by atoms with Crippen molar-refractivity contribution >= 4 is 0 Å². The standard InChI is InChI=1S/C9H18N2O/c1-9(7-10)8-11-5-3-2-4-6-12/h9,11-12H,2-6,8H2,1H3. The van der Waals surface area contributed by atoms with Gasteiger partial charge in [0.05, 0.1) is 12.0 Å². The fourth-order valence-corrected chi connectivity index (χ4v) is 0.903. The molecule has 0 radical (unpaired) electrons. The maximum absolute atomic E-state index is 8.49. The fourth-order valence-electron chi connectivity index (χ4n) is 0.903. The number of aliphatic hydroxyl groups excluding tert-OH is 1. The normalized spacial score (nSPS) is 12.4. The first-order valence-electron chi connectivity index (χ1n) is 4.52. The molecule has 0 fully saturated rings. The SMILES string of the molecule is CC(C#N)CNCCCCCO. The summed E-state index contributed by atoms with van der Waals surface area (Å²) in [5.41, 5.74) is 0. The second-order valence-corrected chi connectivity index (χ2v) is 3.02. The summed E-state index contributed by atoms with van der Waals surface area (Å²) in [5.74, 6) is 0.0999. The summed E-state index contributed by atoms with van der Waals surface area (Å²) in [6.07, 6.45) is 3.03. The molecule has 3 nitrogen and oxygen atoms in total. The number of nitrogens with one attached hydrogen (secondary N) is 1. The van der Waals surface area contributed by atoms with Crippen LogP contribution in [0.4, 0.5) is 0 Å². The van der Waals surface area contributed by atoms with E-state index in [0.29, 0.717) is 0 Å². The Balaban J connectivity index is 2.96. The van der Waals surface area contributed by atoms with Gasteiger partial charge in [-0.3, -0.25) is 0 Å². The van der Waals surface area contributed by atoms with E-state index in [1.807, 2.05) is 6.92 Å². The molecule has 0 amide bonds. The molecule has 0 heterocycles. The monoisotopic (exact) mass is 170 g/mol. The van der Waals surface area contributed by atoms with Gasteiger partial charge in [-0.1, -0.05) is 0 Å². The Bertz CT molecular complexity index is 131. The summed E-state index contributed by atoms with van der Waals surface area (Å²) in [5, 5.41) is 20.1. The molecular weight excluding hydrogens is 152 g/mol. The highest BCUT2D eigenvalue weighted by Crippen LogP contribution is 1.93. The van der Waals surface area contributed by atoms with Crippen molar-refractivity contribution in [2.24, 2.45) is 5.92 Å². The lowest BCUT2D eigenvalue weighted by molar-refractivity contribution is 0.283. The Morgan fingerprint density at radius 3 is 2.75 bits per heavy atom. The minimum absolute atomic E-state index is 0.0999. The van der Waals surface area contributed by atoms with Gasteiger partial charge in [-0.05, 0) is 32.7 Å². The van der Waals surface area contributed by atoms with Crippen LogP contribution >= 0.6 is 0 Å². The van der Waals surface area contributed by atoms with Gasteiger partial charge in [0, 0.05) is 13.2 Å². The smallest absolute Gasteiger partial charge is 0.0666 e. The van der Waals surface area contributed by atoms with Crippen LogP contribution in [0.3, 0.4) is 0 Å². The zero-order valence-corrected chi connectivity index (χ0v) is 7.71. The van der Waals surface area contributed by atoms with E-state index < -0.39 is 0 Å². The zero-order chi connectivity index (χ0) is 9.23. The lowest BCUT2D eigenvalue weighted by Crippen LogP contribution is -2.21. The second kappa shape index (κ2) is 8.51. The lowest BCUT2D eigenvalue weighted by Gasteiger charge is -2.04. The number of nitriles is 1. The first-order chi connectivity index (χ1) is 5.81. The molecule has 0 bridgehead atoms. The third-order valence-electron chi connectivity index (χ3n) is 1.68. The van der Waals surface area contributed by atoms with Crippen LogP contribution in [-0.2, 0) is 0 Å². The highest BCUT2D eigenvalue weighted by molar-refractivity contribution is 4.79. The second-order valence-electron chi connectivity index (χ2n) is 3.02. The van der Waals surface area contributed by atoms with Crippen molar-refractivity contribution in [3.8, 4) is 6.07 Å². The predicted molar refractivity (Wildman–Crippen MR) is 48.6 cm³/mol. The van der Waals surface area contributed by atoms with Gasteiger partial charge < -0.3 is 10.4 Å². The molecule has 0 aromatic rings.